The number of aromatic nitrogens is 2. The molecule has 2 aliphatic rings. The Morgan fingerprint density at radius 2 is 1.83 bits per heavy atom. The van der Waals surface area contributed by atoms with E-state index < -0.39 is 6.04 Å². The van der Waals surface area contributed by atoms with Gasteiger partial charge in [-0.2, -0.15) is 0 Å². The van der Waals surface area contributed by atoms with Crippen LogP contribution in [0.4, 0.5) is 0 Å². The van der Waals surface area contributed by atoms with E-state index in [-0.39, 0.29) is 23.8 Å². The van der Waals surface area contributed by atoms with Crippen LogP contribution in [0, 0.1) is 0 Å². The second-order valence-electron chi connectivity index (χ2n) is 9.54. The van der Waals surface area contributed by atoms with Crippen LogP contribution in [0.25, 0.3) is 11.0 Å². The molecule has 0 saturated carbocycles. The SMILES string of the molecule is CN(C(=O)[C@@H]1Cc2cccc(c2)CCCc2[nH]c3ccc(=O)[nH]c3c2CC(=O)N1)C1=CC=C(Cl)CC1. The lowest BCUT2D eigenvalue weighted by Gasteiger charge is -2.28. The van der Waals surface area contributed by atoms with E-state index in [1.165, 1.54) is 11.6 Å². The Kier molecular flexibility index (Phi) is 6.83. The number of benzene rings is 1. The summed E-state index contributed by atoms with van der Waals surface area (Å²) in [5, 5.41) is 3.76. The summed E-state index contributed by atoms with van der Waals surface area (Å²) in [5.74, 6) is -0.432. The van der Waals surface area contributed by atoms with Gasteiger partial charge in [0, 0.05) is 41.5 Å². The lowest BCUT2D eigenvalue weighted by Crippen LogP contribution is -2.48. The van der Waals surface area contributed by atoms with E-state index in [0.717, 1.165) is 52.3 Å². The molecule has 3 aromatic rings. The molecule has 0 radical (unpaired) electrons. The molecular weight excluding hydrogens is 476 g/mol. The molecule has 2 bridgehead atoms. The monoisotopic (exact) mass is 504 g/mol. The molecule has 0 spiro atoms. The summed E-state index contributed by atoms with van der Waals surface area (Å²) < 4.78 is 0. The molecule has 2 amide bonds. The van der Waals surface area contributed by atoms with Gasteiger partial charge in [-0.3, -0.25) is 14.4 Å². The third-order valence-electron chi connectivity index (χ3n) is 7.00. The first-order valence-electron chi connectivity index (χ1n) is 12.3. The van der Waals surface area contributed by atoms with E-state index in [1.54, 1.807) is 18.0 Å². The Morgan fingerprint density at radius 1 is 1.00 bits per heavy atom. The summed E-state index contributed by atoms with van der Waals surface area (Å²) in [6, 6.07) is 10.7. The normalized spacial score (nSPS) is 18.6. The Hall–Kier alpha value is -3.58. The first kappa shape index (κ1) is 24.1. The topological polar surface area (TPSA) is 98.1 Å². The van der Waals surface area contributed by atoms with E-state index in [2.05, 4.69) is 27.4 Å². The average molecular weight is 505 g/mol. The fourth-order valence-corrected chi connectivity index (χ4v) is 5.25. The number of hydrogen-bond donors (Lipinski definition) is 3. The summed E-state index contributed by atoms with van der Waals surface area (Å²) in [6.07, 6.45) is 8.01. The molecule has 36 heavy (non-hydrogen) atoms. The zero-order chi connectivity index (χ0) is 25.2. The number of fused-ring (bicyclic) bond motifs is 5. The number of carbonyl (C=O) groups excluding carboxylic acids is 2. The van der Waals surface area contributed by atoms with Crippen LogP contribution < -0.4 is 10.9 Å². The molecule has 1 atom stereocenters. The quantitative estimate of drug-likeness (QED) is 0.494. The van der Waals surface area contributed by atoms with Crippen LogP contribution in [-0.2, 0) is 35.3 Å². The van der Waals surface area contributed by atoms with Gasteiger partial charge in [0.25, 0.3) is 0 Å². The van der Waals surface area contributed by atoms with Gasteiger partial charge in [0.1, 0.15) is 6.04 Å². The second kappa shape index (κ2) is 10.2. The van der Waals surface area contributed by atoms with E-state index in [0.29, 0.717) is 24.8 Å². The van der Waals surface area contributed by atoms with Gasteiger partial charge >= 0.3 is 0 Å². The molecule has 0 fully saturated rings. The van der Waals surface area contributed by atoms with Crippen molar-refractivity contribution in [1.82, 2.24) is 20.2 Å². The highest BCUT2D eigenvalue weighted by atomic mass is 35.5. The third-order valence-corrected chi connectivity index (χ3v) is 7.32. The first-order valence-corrected chi connectivity index (χ1v) is 12.7. The van der Waals surface area contributed by atoms with E-state index in [1.807, 2.05) is 24.3 Å². The minimum atomic E-state index is -0.728. The zero-order valence-corrected chi connectivity index (χ0v) is 21.0. The standard InChI is InChI=1S/C28H29ClN4O3/c1-33(20-10-8-19(29)9-11-20)28(36)24-15-18-6-2-4-17(14-18)5-3-7-22-21(16-26(35)31-24)27-23(30-22)12-13-25(34)32-27/h2,4,6,8,10,12-14,24,30H,3,5,7,9,11,15-16H2,1H3,(H,31,35)(H,32,34)/t24-/m0/s1. The van der Waals surface area contributed by atoms with Crippen LogP contribution in [0.1, 0.15) is 41.6 Å². The average Bonchev–Trinajstić information content (AvgIpc) is 3.19. The molecule has 1 aliphatic heterocycles. The zero-order valence-electron chi connectivity index (χ0n) is 20.2. The molecular formula is C28H29ClN4O3. The Labute approximate surface area is 214 Å². The van der Waals surface area contributed by atoms with Gasteiger partial charge in [-0.05, 0) is 61.4 Å². The van der Waals surface area contributed by atoms with Crippen molar-refractivity contribution >= 4 is 34.4 Å². The highest BCUT2D eigenvalue weighted by molar-refractivity contribution is 6.29. The Bertz CT molecular complexity index is 1450. The summed E-state index contributed by atoms with van der Waals surface area (Å²) in [7, 11) is 1.74. The minimum Gasteiger partial charge on any atom is -0.357 e. The molecule has 8 heteroatoms. The lowest BCUT2D eigenvalue weighted by atomic mass is 9.99. The Balaban J connectivity index is 1.50. The highest BCUT2D eigenvalue weighted by Crippen LogP contribution is 2.25. The molecule has 0 unspecified atom stereocenters. The van der Waals surface area contributed by atoms with Crippen molar-refractivity contribution in [3.05, 3.63) is 92.0 Å². The van der Waals surface area contributed by atoms with Crippen molar-refractivity contribution in [2.45, 2.75) is 51.0 Å². The smallest absolute Gasteiger partial charge is 0.249 e. The number of H-pyrrole nitrogens is 2. The number of likely N-dealkylation sites (N-methyl/N-ethyl adjacent to an activating group) is 1. The van der Waals surface area contributed by atoms with Crippen LogP contribution in [0.2, 0.25) is 0 Å². The number of aryl methyl sites for hydroxylation is 2. The van der Waals surface area contributed by atoms with Gasteiger partial charge in [-0.15, -0.1) is 0 Å². The maximum atomic E-state index is 13.6. The molecule has 2 aromatic heterocycles. The van der Waals surface area contributed by atoms with Crippen LogP contribution in [-0.4, -0.2) is 39.8 Å². The third kappa shape index (κ3) is 5.16. The molecule has 186 valence electrons. The number of hydrogen-bond acceptors (Lipinski definition) is 3. The summed E-state index contributed by atoms with van der Waals surface area (Å²) in [5.41, 5.74) is 6.02. The van der Waals surface area contributed by atoms with Gasteiger partial charge in [-0.25, -0.2) is 0 Å². The maximum absolute atomic E-state index is 13.6. The number of pyridine rings is 1. The van der Waals surface area contributed by atoms with Gasteiger partial charge in [0.05, 0.1) is 17.5 Å². The van der Waals surface area contributed by atoms with Gasteiger partial charge in [0.2, 0.25) is 17.4 Å². The second-order valence-corrected chi connectivity index (χ2v) is 10.0. The van der Waals surface area contributed by atoms with Crippen LogP contribution in [0.3, 0.4) is 0 Å². The predicted molar refractivity (Wildman–Crippen MR) is 141 cm³/mol. The molecule has 3 heterocycles. The number of rotatable bonds is 2. The van der Waals surface area contributed by atoms with Crippen molar-refractivity contribution in [2.24, 2.45) is 0 Å². The number of nitrogens with zero attached hydrogens (tertiary/aromatic N) is 1. The van der Waals surface area contributed by atoms with Crippen molar-refractivity contribution < 1.29 is 9.59 Å². The molecule has 1 aliphatic carbocycles. The van der Waals surface area contributed by atoms with Crippen molar-refractivity contribution in [3.63, 3.8) is 0 Å². The van der Waals surface area contributed by atoms with E-state index in [4.69, 9.17) is 11.6 Å². The van der Waals surface area contributed by atoms with Crippen molar-refractivity contribution in [3.8, 4) is 0 Å². The van der Waals surface area contributed by atoms with Crippen LogP contribution in [0.5, 0.6) is 0 Å². The predicted octanol–water partition coefficient (Wildman–Crippen LogP) is 3.87. The van der Waals surface area contributed by atoms with Gasteiger partial charge in [-0.1, -0.05) is 35.9 Å². The van der Waals surface area contributed by atoms with E-state index >= 15 is 0 Å². The molecule has 0 saturated heterocycles. The number of halogens is 1. The summed E-state index contributed by atoms with van der Waals surface area (Å²) in [6.45, 7) is 0. The van der Waals surface area contributed by atoms with Gasteiger partial charge < -0.3 is 20.2 Å². The highest BCUT2D eigenvalue weighted by Gasteiger charge is 2.28. The largest absolute Gasteiger partial charge is 0.357 e. The number of allylic oxidation sites excluding steroid dienone is 4. The van der Waals surface area contributed by atoms with Crippen molar-refractivity contribution in [1.29, 1.82) is 0 Å². The fraction of sp³-hybridized carbons (Fsp3) is 0.321. The molecule has 3 N–H and O–H groups in total. The number of amides is 2. The van der Waals surface area contributed by atoms with Crippen LogP contribution in [0.15, 0.2) is 64.1 Å². The minimum absolute atomic E-state index is 0.0708. The summed E-state index contributed by atoms with van der Waals surface area (Å²) >= 11 is 6.10. The molecule has 5 rings (SSSR count). The van der Waals surface area contributed by atoms with Gasteiger partial charge in [0.15, 0.2) is 0 Å². The number of carbonyl (C=O) groups is 2. The molecule has 1 aromatic carbocycles. The van der Waals surface area contributed by atoms with Crippen LogP contribution >= 0.6 is 11.6 Å². The lowest BCUT2D eigenvalue weighted by molar-refractivity contribution is -0.133. The fourth-order valence-electron chi connectivity index (χ4n) is 5.09. The van der Waals surface area contributed by atoms with Crippen molar-refractivity contribution in [2.75, 3.05) is 7.05 Å². The Morgan fingerprint density at radius 3 is 2.64 bits per heavy atom. The number of aromatic amines is 2. The summed E-state index contributed by atoms with van der Waals surface area (Å²) in [4.78, 5) is 46.9. The first-order chi connectivity index (χ1) is 17.4. The molecule has 7 nitrogen and oxygen atoms in total. The number of nitrogens with one attached hydrogen (secondary N) is 3. The van der Waals surface area contributed by atoms with E-state index in [9.17, 15) is 14.4 Å². The maximum Gasteiger partial charge on any atom is 0.249 e.